The smallest absolute Gasteiger partial charge is 0.128 e. The van der Waals surface area contributed by atoms with Gasteiger partial charge in [-0.2, -0.15) is 0 Å². The van der Waals surface area contributed by atoms with Gasteiger partial charge in [-0.3, -0.25) is 0 Å². The first-order valence-electron chi connectivity index (χ1n) is 16.3. The van der Waals surface area contributed by atoms with E-state index in [1.54, 1.807) is 14.2 Å². The van der Waals surface area contributed by atoms with Crippen molar-refractivity contribution in [2.75, 3.05) is 27.4 Å². The van der Waals surface area contributed by atoms with E-state index in [9.17, 15) is 0 Å². The van der Waals surface area contributed by atoms with Gasteiger partial charge in [0.1, 0.15) is 30.3 Å². The second-order valence-corrected chi connectivity index (χ2v) is 11.1. The molecule has 5 heteroatoms. The van der Waals surface area contributed by atoms with Gasteiger partial charge >= 0.3 is 0 Å². The molecule has 1 atom stereocenters. The minimum atomic E-state index is -0.222. The Balaban J connectivity index is 1.58. The van der Waals surface area contributed by atoms with Crippen LogP contribution in [0, 0.1) is 12.0 Å². The van der Waals surface area contributed by atoms with Crippen molar-refractivity contribution in [2.24, 2.45) is 0 Å². The first kappa shape index (κ1) is 35.5. The molecule has 0 spiro atoms. The zero-order valence-corrected chi connectivity index (χ0v) is 26.7. The maximum Gasteiger partial charge on any atom is 0.128 e. The molecule has 0 aliphatic carbocycles. The van der Waals surface area contributed by atoms with Crippen molar-refractivity contribution in [3.8, 4) is 23.5 Å². The lowest BCUT2D eigenvalue weighted by molar-refractivity contribution is -0.0535. The van der Waals surface area contributed by atoms with Gasteiger partial charge in [-0.15, -0.1) is 0 Å². The number of hydrogen-bond acceptors (Lipinski definition) is 5. The molecule has 0 heterocycles. The van der Waals surface area contributed by atoms with Crippen molar-refractivity contribution < 1.29 is 23.7 Å². The summed E-state index contributed by atoms with van der Waals surface area (Å²) in [6.07, 6.45) is 22.6. The van der Waals surface area contributed by atoms with Crippen LogP contribution in [0.4, 0.5) is 0 Å². The molecule has 0 radical (unpaired) electrons. The Hall–Kier alpha value is -2.68. The molecule has 0 bridgehead atoms. The minimum absolute atomic E-state index is 0.222. The van der Waals surface area contributed by atoms with Crippen LogP contribution in [0.25, 0.3) is 0 Å². The molecule has 42 heavy (non-hydrogen) atoms. The molecule has 0 aliphatic rings. The quantitative estimate of drug-likeness (QED) is 0.0864. The number of unbranched alkanes of at least 4 members (excludes halogenated alkanes) is 14. The van der Waals surface area contributed by atoms with Crippen LogP contribution in [0.5, 0.6) is 11.5 Å². The van der Waals surface area contributed by atoms with Crippen LogP contribution >= 0.6 is 0 Å². The summed E-state index contributed by atoms with van der Waals surface area (Å²) in [4.78, 5) is 0. The maximum absolute atomic E-state index is 6.13. The van der Waals surface area contributed by atoms with E-state index in [-0.39, 0.29) is 6.10 Å². The number of ether oxygens (including phenoxy) is 5. The second-order valence-electron chi connectivity index (χ2n) is 11.1. The molecule has 0 aromatic heterocycles. The predicted molar refractivity (Wildman–Crippen MR) is 173 cm³/mol. The third-order valence-corrected chi connectivity index (χ3v) is 7.45. The molecule has 0 aliphatic heterocycles. The lowest BCUT2D eigenvalue weighted by Gasteiger charge is -2.17. The second kappa shape index (κ2) is 24.9. The molecule has 2 aromatic carbocycles. The van der Waals surface area contributed by atoms with E-state index in [0.29, 0.717) is 26.4 Å². The van der Waals surface area contributed by atoms with Crippen LogP contribution < -0.4 is 9.47 Å². The highest BCUT2D eigenvalue weighted by Crippen LogP contribution is 2.15. The average Bonchev–Trinajstić information content (AvgIpc) is 3.03. The van der Waals surface area contributed by atoms with Crippen molar-refractivity contribution in [3.05, 3.63) is 59.7 Å². The molecule has 5 nitrogen and oxygen atoms in total. The van der Waals surface area contributed by atoms with Gasteiger partial charge in [-0.05, 0) is 41.8 Å². The first-order valence-corrected chi connectivity index (χ1v) is 16.3. The monoisotopic (exact) mass is 580 g/mol. The van der Waals surface area contributed by atoms with E-state index in [4.69, 9.17) is 23.7 Å². The van der Waals surface area contributed by atoms with E-state index in [1.165, 1.54) is 83.5 Å². The van der Waals surface area contributed by atoms with Crippen molar-refractivity contribution in [1.82, 2.24) is 0 Å². The molecule has 0 saturated carbocycles. The summed E-state index contributed by atoms with van der Waals surface area (Å²) in [5.41, 5.74) is 2.15. The van der Waals surface area contributed by atoms with Gasteiger partial charge in [0.2, 0.25) is 0 Å². The van der Waals surface area contributed by atoms with Crippen molar-refractivity contribution in [2.45, 2.75) is 123 Å². The van der Waals surface area contributed by atoms with Crippen LogP contribution in [0.3, 0.4) is 0 Å². The normalized spacial score (nSPS) is 11.5. The van der Waals surface area contributed by atoms with Crippen LogP contribution in [-0.2, 0) is 27.4 Å². The fraction of sp³-hybridized carbons (Fsp3) is 0.622. The van der Waals surface area contributed by atoms with Gasteiger partial charge in [-0.1, -0.05) is 121 Å². The zero-order valence-electron chi connectivity index (χ0n) is 26.7. The molecule has 0 fully saturated rings. The third-order valence-electron chi connectivity index (χ3n) is 7.45. The molecule has 234 valence electrons. The summed E-state index contributed by atoms with van der Waals surface area (Å²) in [5, 5.41) is 0. The fourth-order valence-electron chi connectivity index (χ4n) is 4.75. The number of methoxy groups -OCH3 is 2. The van der Waals surface area contributed by atoms with E-state index >= 15 is 0 Å². The predicted octanol–water partition coefficient (Wildman–Crippen LogP) is 9.65. The van der Waals surface area contributed by atoms with Gasteiger partial charge in [0.15, 0.2) is 0 Å². The van der Waals surface area contributed by atoms with Crippen LogP contribution in [-0.4, -0.2) is 33.5 Å². The number of rotatable bonds is 25. The summed E-state index contributed by atoms with van der Waals surface area (Å²) in [6.45, 7) is 4.03. The van der Waals surface area contributed by atoms with E-state index in [1.807, 2.05) is 48.5 Å². The molecule has 2 aromatic rings. The molecule has 0 saturated heterocycles. The summed E-state index contributed by atoms with van der Waals surface area (Å²) in [5.74, 6) is 4.83. The summed E-state index contributed by atoms with van der Waals surface area (Å²) >= 11 is 0. The highest BCUT2D eigenvalue weighted by atomic mass is 16.6. The van der Waals surface area contributed by atoms with Crippen LogP contribution in [0.2, 0.25) is 0 Å². The van der Waals surface area contributed by atoms with Gasteiger partial charge in [0.25, 0.3) is 0 Å². The fourth-order valence-corrected chi connectivity index (χ4v) is 4.75. The van der Waals surface area contributed by atoms with Gasteiger partial charge < -0.3 is 23.7 Å². The zero-order chi connectivity index (χ0) is 29.9. The van der Waals surface area contributed by atoms with Crippen molar-refractivity contribution >= 4 is 0 Å². The number of benzene rings is 2. The Morgan fingerprint density at radius 3 is 1.55 bits per heavy atom. The van der Waals surface area contributed by atoms with Crippen LogP contribution in [0.1, 0.15) is 114 Å². The topological polar surface area (TPSA) is 46.2 Å². The molecule has 2 rings (SSSR count). The summed E-state index contributed by atoms with van der Waals surface area (Å²) < 4.78 is 28.2. The average molecular weight is 581 g/mol. The molecule has 0 N–H and O–H groups in total. The summed E-state index contributed by atoms with van der Waals surface area (Å²) in [6, 6.07) is 15.8. The molecular formula is C37H56O5. The van der Waals surface area contributed by atoms with Crippen LogP contribution in [0.15, 0.2) is 48.5 Å². The van der Waals surface area contributed by atoms with Crippen molar-refractivity contribution in [1.29, 1.82) is 0 Å². The largest absolute Gasteiger partial charge is 0.497 e. The van der Waals surface area contributed by atoms with Gasteiger partial charge in [-0.25, -0.2) is 0 Å². The highest BCUT2D eigenvalue weighted by Gasteiger charge is 2.11. The first-order chi connectivity index (χ1) is 20.7. The Bertz CT molecular complexity index is 945. The Labute approximate surface area is 256 Å². The van der Waals surface area contributed by atoms with E-state index in [0.717, 1.165) is 35.5 Å². The lowest BCUT2D eigenvalue weighted by Crippen LogP contribution is -2.25. The molecule has 0 unspecified atom stereocenters. The highest BCUT2D eigenvalue weighted by molar-refractivity contribution is 5.27. The van der Waals surface area contributed by atoms with E-state index in [2.05, 4.69) is 19.0 Å². The Morgan fingerprint density at radius 2 is 1.05 bits per heavy atom. The van der Waals surface area contributed by atoms with Crippen molar-refractivity contribution in [3.63, 3.8) is 0 Å². The Kier molecular flexibility index (Phi) is 21.0. The maximum atomic E-state index is 6.13. The summed E-state index contributed by atoms with van der Waals surface area (Å²) in [7, 11) is 3.33. The lowest BCUT2D eigenvalue weighted by atomic mass is 10.0. The van der Waals surface area contributed by atoms with Gasteiger partial charge in [0.05, 0.1) is 34.0 Å². The standard InChI is InChI=1S/C37H56O5/c1-4-5-6-7-8-9-10-11-12-13-14-15-16-17-18-19-28-40-31-37(42-30-34-22-26-36(39-3)27-23-34)32-41-29-33-20-24-35(38-2)25-21-33/h20-27,37H,4-18,29-32H2,1-3H3/t37-/m1/s1. The minimum Gasteiger partial charge on any atom is -0.497 e. The Morgan fingerprint density at radius 1 is 0.571 bits per heavy atom. The van der Waals surface area contributed by atoms with E-state index < -0.39 is 0 Å². The number of hydrogen-bond donors (Lipinski definition) is 0. The molecule has 0 amide bonds. The van der Waals surface area contributed by atoms with Gasteiger partial charge in [0, 0.05) is 6.42 Å². The SMILES string of the molecule is CCCCCCCCCCCCCCCCC#COC[C@H](COCc1ccc(OC)cc1)OCc1ccc(OC)cc1. The molecular weight excluding hydrogens is 524 g/mol. The third kappa shape index (κ3) is 18.0.